The van der Waals surface area contributed by atoms with Crippen LogP contribution in [0.25, 0.3) is 0 Å². The van der Waals surface area contributed by atoms with E-state index in [1.54, 1.807) is 0 Å². The van der Waals surface area contributed by atoms with Crippen molar-refractivity contribution in [1.82, 2.24) is 20.0 Å². The summed E-state index contributed by atoms with van der Waals surface area (Å²) in [6, 6.07) is 0. The summed E-state index contributed by atoms with van der Waals surface area (Å²) in [5, 5.41) is 13.1. The van der Waals surface area contributed by atoms with Crippen LogP contribution in [-0.2, 0) is 0 Å². The minimum atomic E-state index is -0.0762. The minimum Gasteiger partial charge on any atom is -0.393 e. The molecule has 0 saturated carbocycles. The van der Waals surface area contributed by atoms with E-state index in [2.05, 4.69) is 26.9 Å². The van der Waals surface area contributed by atoms with Gasteiger partial charge in [-0.15, -0.1) is 0 Å². The number of hydrogen-bond acceptors (Lipinski definition) is 4. The smallest absolute Gasteiger partial charge is 0.193 e. The molecule has 3 fully saturated rings. The first-order valence-corrected chi connectivity index (χ1v) is 11.4. The van der Waals surface area contributed by atoms with Gasteiger partial charge in [0.2, 0.25) is 0 Å². The Hall–Kier alpha value is -0.850. The fraction of sp³-hybridized carbons (Fsp3) is 0.952. The van der Waals surface area contributed by atoms with E-state index in [0.29, 0.717) is 0 Å². The molecule has 0 amide bonds. The molecule has 3 aliphatic rings. The Kier molecular flexibility index (Phi) is 8.68. The van der Waals surface area contributed by atoms with Crippen LogP contribution in [0.4, 0.5) is 0 Å². The number of nitrogens with one attached hydrogen (secondary N) is 1. The first-order chi connectivity index (χ1) is 13.2. The molecule has 3 rings (SSSR count). The Morgan fingerprint density at radius 1 is 1.00 bits per heavy atom. The molecule has 1 atom stereocenters. The van der Waals surface area contributed by atoms with Crippen LogP contribution in [0.1, 0.15) is 51.9 Å². The zero-order chi connectivity index (χ0) is 18.9. The monoisotopic (exact) mass is 379 g/mol. The average Bonchev–Trinajstić information content (AvgIpc) is 3.15. The SMILES string of the molecule is CCNC(=NCCCN1CCC(O)CC1)N1CCC(CN2CCCCC2)C1. The molecule has 6 heteroatoms. The number of aliphatic hydroxyl groups is 1. The summed E-state index contributed by atoms with van der Waals surface area (Å²) in [4.78, 5) is 12.5. The Morgan fingerprint density at radius 2 is 1.78 bits per heavy atom. The molecule has 0 aliphatic carbocycles. The maximum atomic E-state index is 9.61. The predicted octanol–water partition coefficient (Wildman–Crippen LogP) is 1.61. The molecule has 156 valence electrons. The lowest BCUT2D eigenvalue weighted by Gasteiger charge is -2.29. The normalized spacial score (nSPS) is 26.7. The summed E-state index contributed by atoms with van der Waals surface area (Å²) in [5.74, 6) is 1.92. The van der Waals surface area contributed by atoms with Crippen LogP contribution in [0.5, 0.6) is 0 Å². The number of aliphatic imine (C=N–C) groups is 1. The second-order valence-corrected chi connectivity index (χ2v) is 8.62. The molecule has 0 aromatic carbocycles. The first-order valence-electron chi connectivity index (χ1n) is 11.4. The third-order valence-corrected chi connectivity index (χ3v) is 6.34. The lowest BCUT2D eigenvalue weighted by molar-refractivity contribution is 0.0824. The molecular formula is C21H41N5O. The summed E-state index contributed by atoms with van der Waals surface area (Å²) in [7, 11) is 0. The van der Waals surface area contributed by atoms with Gasteiger partial charge in [0.15, 0.2) is 5.96 Å². The number of rotatable bonds is 7. The van der Waals surface area contributed by atoms with Gasteiger partial charge in [-0.25, -0.2) is 0 Å². The number of aliphatic hydroxyl groups excluding tert-OH is 1. The molecule has 27 heavy (non-hydrogen) atoms. The lowest BCUT2D eigenvalue weighted by Crippen LogP contribution is -2.41. The second-order valence-electron chi connectivity index (χ2n) is 8.62. The van der Waals surface area contributed by atoms with Gasteiger partial charge >= 0.3 is 0 Å². The van der Waals surface area contributed by atoms with Gasteiger partial charge in [-0.05, 0) is 71.0 Å². The average molecular weight is 380 g/mol. The number of hydrogen-bond donors (Lipinski definition) is 2. The largest absolute Gasteiger partial charge is 0.393 e. The summed E-state index contributed by atoms with van der Waals surface area (Å²) >= 11 is 0. The van der Waals surface area contributed by atoms with E-state index >= 15 is 0 Å². The van der Waals surface area contributed by atoms with Crippen LogP contribution in [0.15, 0.2) is 4.99 Å². The van der Waals surface area contributed by atoms with Crippen LogP contribution in [-0.4, -0.2) is 97.3 Å². The highest BCUT2D eigenvalue weighted by Gasteiger charge is 2.27. The van der Waals surface area contributed by atoms with Gasteiger partial charge in [-0.3, -0.25) is 4.99 Å². The van der Waals surface area contributed by atoms with Crippen LogP contribution in [0, 0.1) is 5.92 Å². The summed E-state index contributed by atoms with van der Waals surface area (Å²) in [6.45, 7) is 13.4. The number of piperidine rings is 2. The molecule has 1 unspecified atom stereocenters. The van der Waals surface area contributed by atoms with E-state index in [0.717, 1.165) is 77.0 Å². The lowest BCUT2D eigenvalue weighted by atomic mass is 10.1. The summed E-state index contributed by atoms with van der Waals surface area (Å²) in [6.07, 6.45) is 8.38. The van der Waals surface area contributed by atoms with Crippen molar-refractivity contribution in [3.8, 4) is 0 Å². The highest BCUT2D eigenvalue weighted by molar-refractivity contribution is 5.80. The molecule has 0 bridgehead atoms. The van der Waals surface area contributed by atoms with E-state index in [9.17, 15) is 5.11 Å². The highest BCUT2D eigenvalue weighted by Crippen LogP contribution is 2.20. The fourth-order valence-electron chi connectivity index (χ4n) is 4.73. The quantitative estimate of drug-likeness (QED) is 0.400. The third kappa shape index (κ3) is 6.91. The highest BCUT2D eigenvalue weighted by atomic mass is 16.3. The third-order valence-electron chi connectivity index (χ3n) is 6.34. The predicted molar refractivity (Wildman–Crippen MR) is 112 cm³/mol. The Bertz CT molecular complexity index is 444. The van der Waals surface area contributed by atoms with Crippen molar-refractivity contribution >= 4 is 5.96 Å². The first kappa shape index (κ1) is 20.9. The van der Waals surface area contributed by atoms with Gasteiger partial charge in [0, 0.05) is 45.8 Å². The van der Waals surface area contributed by atoms with Crippen LogP contribution >= 0.6 is 0 Å². The molecule has 3 heterocycles. The van der Waals surface area contributed by atoms with Gasteiger partial charge in [-0.1, -0.05) is 6.42 Å². The molecule has 0 spiro atoms. The molecule has 0 radical (unpaired) electrons. The summed E-state index contributed by atoms with van der Waals surface area (Å²) < 4.78 is 0. The fourth-order valence-corrected chi connectivity index (χ4v) is 4.73. The van der Waals surface area contributed by atoms with Crippen molar-refractivity contribution in [2.45, 2.75) is 58.0 Å². The van der Waals surface area contributed by atoms with Crippen LogP contribution in [0.2, 0.25) is 0 Å². The summed E-state index contributed by atoms with van der Waals surface area (Å²) in [5.41, 5.74) is 0. The van der Waals surface area contributed by atoms with Gasteiger partial charge < -0.3 is 25.1 Å². The van der Waals surface area contributed by atoms with Crippen molar-refractivity contribution in [3.05, 3.63) is 0 Å². The Morgan fingerprint density at radius 3 is 2.52 bits per heavy atom. The number of likely N-dealkylation sites (tertiary alicyclic amines) is 3. The maximum Gasteiger partial charge on any atom is 0.193 e. The molecule has 0 aromatic heterocycles. The Balaban J connectivity index is 1.39. The molecular weight excluding hydrogens is 338 g/mol. The maximum absolute atomic E-state index is 9.61. The van der Waals surface area contributed by atoms with Gasteiger partial charge in [-0.2, -0.15) is 0 Å². The van der Waals surface area contributed by atoms with Gasteiger partial charge in [0.1, 0.15) is 0 Å². The molecule has 2 N–H and O–H groups in total. The van der Waals surface area contributed by atoms with Crippen LogP contribution in [0.3, 0.4) is 0 Å². The van der Waals surface area contributed by atoms with Crippen molar-refractivity contribution in [1.29, 1.82) is 0 Å². The molecule has 0 aromatic rings. The van der Waals surface area contributed by atoms with Gasteiger partial charge in [0.05, 0.1) is 6.10 Å². The van der Waals surface area contributed by atoms with Crippen LogP contribution < -0.4 is 5.32 Å². The van der Waals surface area contributed by atoms with E-state index in [-0.39, 0.29) is 6.10 Å². The topological polar surface area (TPSA) is 54.3 Å². The van der Waals surface area contributed by atoms with Crippen molar-refractivity contribution in [3.63, 3.8) is 0 Å². The molecule has 3 aliphatic heterocycles. The second kappa shape index (κ2) is 11.2. The van der Waals surface area contributed by atoms with E-state index in [4.69, 9.17) is 4.99 Å². The van der Waals surface area contributed by atoms with Crippen molar-refractivity contribution in [2.75, 3.05) is 65.4 Å². The zero-order valence-electron chi connectivity index (χ0n) is 17.4. The standard InChI is InChI=1S/C21H41N5O/c1-2-22-21(23-10-6-13-24-14-8-20(27)9-15-24)26-16-7-19(18-26)17-25-11-4-3-5-12-25/h19-20,27H,2-18H2,1H3,(H,22,23). The van der Waals surface area contributed by atoms with Crippen molar-refractivity contribution in [2.24, 2.45) is 10.9 Å². The van der Waals surface area contributed by atoms with E-state index in [1.807, 2.05) is 0 Å². The molecule has 6 nitrogen and oxygen atoms in total. The van der Waals surface area contributed by atoms with E-state index in [1.165, 1.54) is 45.3 Å². The zero-order valence-corrected chi connectivity index (χ0v) is 17.4. The Labute approximate surface area is 166 Å². The minimum absolute atomic E-state index is 0.0762. The molecule has 3 saturated heterocycles. The van der Waals surface area contributed by atoms with Crippen molar-refractivity contribution < 1.29 is 5.11 Å². The van der Waals surface area contributed by atoms with E-state index < -0.39 is 0 Å². The number of nitrogens with zero attached hydrogens (tertiary/aromatic N) is 4. The van der Waals surface area contributed by atoms with Gasteiger partial charge in [0.25, 0.3) is 0 Å². The number of guanidine groups is 1.